The van der Waals surface area contributed by atoms with E-state index in [0.29, 0.717) is 5.41 Å². The van der Waals surface area contributed by atoms with E-state index >= 15 is 0 Å². The van der Waals surface area contributed by atoms with E-state index in [4.69, 9.17) is 0 Å². The highest BCUT2D eigenvalue weighted by atomic mass is 32.1. The molecule has 1 aliphatic carbocycles. The van der Waals surface area contributed by atoms with E-state index in [2.05, 4.69) is 43.5 Å². The summed E-state index contributed by atoms with van der Waals surface area (Å²) in [5.74, 6) is 0.984. The van der Waals surface area contributed by atoms with Crippen molar-refractivity contribution < 1.29 is 0 Å². The fraction of sp³-hybridized carbons (Fsp3) is 0.688. The minimum atomic E-state index is 0.542. The van der Waals surface area contributed by atoms with Crippen LogP contribution in [0.1, 0.15) is 37.0 Å². The number of aryl methyl sites for hydroxylation is 1. The molecule has 2 aromatic rings. The zero-order valence-electron chi connectivity index (χ0n) is 13.7. The SMILES string of the molecule is CCc1nsc(N2CCC3(CC2)CC3N(C)Cc2nccs2)n1. The van der Waals surface area contributed by atoms with Crippen LogP contribution in [0.2, 0.25) is 0 Å². The van der Waals surface area contributed by atoms with Crippen LogP contribution >= 0.6 is 22.9 Å². The largest absolute Gasteiger partial charge is 0.347 e. The first kappa shape index (κ1) is 15.5. The van der Waals surface area contributed by atoms with Crippen molar-refractivity contribution in [2.24, 2.45) is 5.41 Å². The summed E-state index contributed by atoms with van der Waals surface area (Å²) in [6.45, 7) is 5.36. The maximum absolute atomic E-state index is 4.64. The Balaban J connectivity index is 1.33. The predicted molar refractivity (Wildman–Crippen MR) is 95.2 cm³/mol. The molecule has 0 aromatic carbocycles. The van der Waals surface area contributed by atoms with Gasteiger partial charge in [0.2, 0.25) is 5.13 Å². The maximum atomic E-state index is 4.64. The van der Waals surface area contributed by atoms with Crippen molar-refractivity contribution in [3.63, 3.8) is 0 Å². The number of nitrogens with zero attached hydrogens (tertiary/aromatic N) is 5. The van der Waals surface area contributed by atoms with Crippen LogP contribution in [0.25, 0.3) is 0 Å². The standard InChI is InChI=1S/C16H23N5S2/c1-3-13-18-15(23-19-13)21-7-4-16(5-8-21)10-12(16)20(2)11-14-17-6-9-22-14/h6,9,12H,3-5,7-8,10-11H2,1-2H3. The molecule has 124 valence electrons. The predicted octanol–water partition coefficient (Wildman–Crippen LogP) is 3.05. The minimum Gasteiger partial charge on any atom is -0.347 e. The summed E-state index contributed by atoms with van der Waals surface area (Å²) in [7, 11) is 2.26. The lowest BCUT2D eigenvalue weighted by molar-refractivity contribution is 0.239. The Labute approximate surface area is 145 Å². The van der Waals surface area contributed by atoms with Gasteiger partial charge in [0.25, 0.3) is 0 Å². The zero-order valence-corrected chi connectivity index (χ0v) is 15.4. The normalized spacial score (nSPS) is 22.9. The topological polar surface area (TPSA) is 45.2 Å². The van der Waals surface area contributed by atoms with Crippen molar-refractivity contribution in [1.82, 2.24) is 19.2 Å². The average Bonchev–Trinajstić information content (AvgIpc) is 2.98. The number of thiazole rings is 1. The Morgan fingerprint density at radius 3 is 2.87 bits per heavy atom. The molecule has 1 saturated carbocycles. The molecule has 0 N–H and O–H groups in total. The fourth-order valence-corrected chi connectivity index (χ4v) is 5.28. The second kappa shape index (κ2) is 6.11. The van der Waals surface area contributed by atoms with Gasteiger partial charge in [-0.1, -0.05) is 6.92 Å². The van der Waals surface area contributed by atoms with Crippen LogP contribution in [0.3, 0.4) is 0 Å². The number of hydrogen-bond acceptors (Lipinski definition) is 7. The Kier molecular flexibility index (Phi) is 4.11. The first-order chi connectivity index (χ1) is 11.2. The summed E-state index contributed by atoms with van der Waals surface area (Å²) in [4.78, 5) is 14.0. The zero-order chi connectivity index (χ0) is 15.9. The molecule has 7 heteroatoms. The molecule has 1 unspecified atom stereocenters. The Bertz CT molecular complexity index is 645. The van der Waals surface area contributed by atoms with Crippen LogP contribution in [0, 0.1) is 5.41 Å². The van der Waals surface area contributed by atoms with Crippen LogP contribution < -0.4 is 4.90 Å². The first-order valence-electron chi connectivity index (χ1n) is 8.36. The smallest absolute Gasteiger partial charge is 0.205 e. The first-order valence-corrected chi connectivity index (χ1v) is 10.0. The van der Waals surface area contributed by atoms with Gasteiger partial charge in [-0.3, -0.25) is 4.90 Å². The minimum absolute atomic E-state index is 0.542. The molecule has 0 amide bonds. The van der Waals surface area contributed by atoms with Crippen LogP contribution in [-0.4, -0.2) is 45.4 Å². The Hall–Kier alpha value is -1.05. The van der Waals surface area contributed by atoms with Crippen molar-refractivity contribution in [2.45, 2.75) is 45.2 Å². The van der Waals surface area contributed by atoms with Gasteiger partial charge in [0.05, 0.1) is 6.54 Å². The number of rotatable bonds is 5. The number of anilines is 1. The molecule has 0 bridgehead atoms. The van der Waals surface area contributed by atoms with Crippen molar-refractivity contribution in [1.29, 1.82) is 0 Å². The third-order valence-electron chi connectivity index (χ3n) is 5.35. The lowest BCUT2D eigenvalue weighted by Gasteiger charge is -2.33. The number of piperidine rings is 1. The highest BCUT2D eigenvalue weighted by molar-refractivity contribution is 7.09. The summed E-state index contributed by atoms with van der Waals surface area (Å²) < 4.78 is 4.42. The lowest BCUT2D eigenvalue weighted by atomic mass is 9.92. The van der Waals surface area contributed by atoms with Gasteiger partial charge in [0, 0.05) is 48.7 Å². The van der Waals surface area contributed by atoms with Crippen LogP contribution in [0.4, 0.5) is 5.13 Å². The molecule has 1 aliphatic heterocycles. The fourth-order valence-electron chi connectivity index (χ4n) is 3.80. The van der Waals surface area contributed by atoms with E-state index in [-0.39, 0.29) is 0 Å². The number of hydrogen-bond donors (Lipinski definition) is 0. The summed E-state index contributed by atoms with van der Waals surface area (Å²) in [5.41, 5.74) is 0.542. The molecule has 2 fully saturated rings. The highest BCUT2D eigenvalue weighted by Crippen LogP contribution is 2.56. The highest BCUT2D eigenvalue weighted by Gasteiger charge is 2.56. The summed E-state index contributed by atoms with van der Waals surface area (Å²) in [6, 6.07) is 0.731. The van der Waals surface area contributed by atoms with E-state index in [1.54, 1.807) is 22.9 Å². The Morgan fingerprint density at radius 1 is 1.39 bits per heavy atom. The third kappa shape index (κ3) is 3.02. The monoisotopic (exact) mass is 349 g/mol. The van der Waals surface area contributed by atoms with Gasteiger partial charge in [-0.15, -0.1) is 11.3 Å². The van der Waals surface area contributed by atoms with Gasteiger partial charge in [0.1, 0.15) is 10.8 Å². The van der Waals surface area contributed by atoms with Crippen LogP contribution in [-0.2, 0) is 13.0 Å². The van der Waals surface area contributed by atoms with E-state index in [1.807, 2.05) is 6.20 Å². The van der Waals surface area contributed by atoms with E-state index in [9.17, 15) is 0 Å². The molecule has 2 aromatic heterocycles. The van der Waals surface area contributed by atoms with Gasteiger partial charge in [-0.2, -0.15) is 4.37 Å². The summed E-state index contributed by atoms with van der Waals surface area (Å²) >= 11 is 3.32. The second-order valence-corrected chi connectivity index (χ2v) is 8.47. The molecular weight excluding hydrogens is 326 g/mol. The van der Waals surface area contributed by atoms with Crippen molar-refractivity contribution in [2.75, 3.05) is 25.0 Å². The third-order valence-corrected chi connectivity index (χ3v) is 6.93. The Morgan fingerprint density at radius 2 is 2.22 bits per heavy atom. The van der Waals surface area contributed by atoms with Crippen LogP contribution in [0.15, 0.2) is 11.6 Å². The second-order valence-electron chi connectivity index (χ2n) is 6.76. The summed E-state index contributed by atoms with van der Waals surface area (Å²) in [5, 5.41) is 4.41. The maximum Gasteiger partial charge on any atom is 0.205 e. The molecule has 5 nitrogen and oxygen atoms in total. The van der Waals surface area contributed by atoms with Crippen molar-refractivity contribution >= 4 is 28.0 Å². The molecule has 1 spiro atoms. The molecule has 3 heterocycles. The van der Waals surface area contributed by atoms with E-state index in [1.165, 1.54) is 24.3 Å². The van der Waals surface area contributed by atoms with Gasteiger partial charge in [0.15, 0.2) is 0 Å². The molecule has 0 radical (unpaired) electrons. The van der Waals surface area contributed by atoms with Gasteiger partial charge < -0.3 is 4.90 Å². The lowest BCUT2D eigenvalue weighted by Crippen LogP contribution is -2.38. The molecule has 4 rings (SSSR count). The quantitative estimate of drug-likeness (QED) is 0.830. The summed E-state index contributed by atoms with van der Waals surface area (Å²) in [6.07, 6.45) is 6.74. The van der Waals surface area contributed by atoms with Crippen LogP contribution in [0.5, 0.6) is 0 Å². The molecule has 1 atom stereocenters. The molecule has 23 heavy (non-hydrogen) atoms. The van der Waals surface area contributed by atoms with E-state index in [0.717, 1.165) is 43.1 Å². The molecular formula is C16H23N5S2. The number of aromatic nitrogens is 3. The van der Waals surface area contributed by atoms with E-state index < -0.39 is 0 Å². The van der Waals surface area contributed by atoms with Gasteiger partial charge in [-0.05, 0) is 31.7 Å². The van der Waals surface area contributed by atoms with Gasteiger partial charge in [-0.25, -0.2) is 9.97 Å². The van der Waals surface area contributed by atoms with Crippen molar-refractivity contribution in [3.8, 4) is 0 Å². The van der Waals surface area contributed by atoms with Crippen molar-refractivity contribution in [3.05, 3.63) is 22.4 Å². The van der Waals surface area contributed by atoms with Gasteiger partial charge >= 0.3 is 0 Å². The molecule has 2 aliphatic rings. The average molecular weight is 350 g/mol. The molecule has 1 saturated heterocycles.